The fourth-order valence-corrected chi connectivity index (χ4v) is 3.05. The molecule has 0 saturated carbocycles. The normalized spacial score (nSPS) is 18.0. The standard InChI is InChI=1S/C13H17N3O4S/c1-7-6-21-11(13(19)20-2)10(7)16-9(17)5-8-12(18)15-4-3-14-8/h6,8,14H,3-5H2,1-2H3,(H,15,18)(H,16,17)/p+1/t8-/m0/s1. The van der Waals surface area contributed by atoms with Crippen LogP contribution in [0.3, 0.4) is 0 Å². The molecule has 0 unspecified atom stereocenters. The number of esters is 1. The van der Waals surface area contributed by atoms with Gasteiger partial charge in [0.05, 0.1) is 32.3 Å². The van der Waals surface area contributed by atoms with Gasteiger partial charge in [-0.15, -0.1) is 11.3 Å². The summed E-state index contributed by atoms with van der Waals surface area (Å²) in [5, 5.41) is 9.06. The SMILES string of the molecule is COC(=O)c1scc(C)c1NC(=O)C[C@@H]1[NH2+]CCNC1=O. The molecule has 1 atom stereocenters. The molecule has 0 spiro atoms. The van der Waals surface area contributed by atoms with E-state index in [1.807, 2.05) is 5.32 Å². The van der Waals surface area contributed by atoms with Crippen molar-refractivity contribution in [3.8, 4) is 0 Å². The molecule has 1 aromatic rings. The van der Waals surface area contributed by atoms with Gasteiger partial charge in [0, 0.05) is 0 Å². The van der Waals surface area contributed by atoms with Crippen LogP contribution in [0.25, 0.3) is 0 Å². The van der Waals surface area contributed by atoms with Crippen LogP contribution in [0.15, 0.2) is 5.38 Å². The van der Waals surface area contributed by atoms with E-state index in [0.717, 1.165) is 12.1 Å². The van der Waals surface area contributed by atoms with Crippen LogP contribution in [-0.4, -0.2) is 44.0 Å². The molecule has 21 heavy (non-hydrogen) atoms. The summed E-state index contributed by atoms with van der Waals surface area (Å²) >= 11 is 1.22. The van der Waals surface area contributed by atoms with Gasteiger partial charge in [0.1, 0.15) is 4.88 Å². The van der Waals surface area contributed by atoms with Gasteiger partial charge in [-0.2, -0.15) is 0 Å². The first-order valence-corrected chi connectivity index (χ1v) is 7.48. The lowest BCUT2D eigenvalue weighted by Gasteiger charge is -2.19. The number of thiophene rings is 1. The van der Waals surface area contributed by atoms with E-state index in [2.05, 4.69) is 15.4 Å². The molecule has 2 heterocycles. The number of piperazine rings is 1. The van der Waals surface area contributed by atoms with Crippen LogP contribution in [0, 0.1) is 6.92 Å². The Morgan fingerprint density at radius 2 is 2.33 bits per heavy atom. The Hall–Kier alpha value is -1.93. The van der Waals surface area contributed by atoms with Crippen molar-refractivity contribution in [1.82, 2.24) is 5.32 Å². The molecule has 7 nitrogen and oxygen atoms in total. The Balaban J connectivity index is 2.04. The summed E-state index contributed by atoms with van der Waals surface area (Å²) in [6.07, 6.45) is 0.0712. The van der Waals surface area contributed by atoms with Crippen molar-refractivity contribution >= 4 is 34.8 Å². The molecule has 2 amide bonds. The Morgan fingerprint density at radius 3 is 3.00 bits per heavy atom. The molecule has 0 radical (unpaired) electrons. The van der Waals surface area contributed by atoms with E-state index in [1.165, 1.54) is 18.4 Å². The maximum atomic E-state index is 12.1. The predicted octanol–water partition coefficient (Wildman–Crippen LogP) is -0.766. The number of carbonyl (C=O) groups excluding carboxylic acids is 3. The van der Waals surface area contributed by atoms with Crippen LogP contribution >= 0.6 is 11.3 Å². The average Bonchev–Trinajstić information content (AvgIpc) is 2.82. The highest BCUT2D eigenvalue weighted by Gasteiger charge is 2.28. The second kappa shape index (κ2) is 6.68. The van der Waals surface area contributed by atoms with Crippen molar-refractivity contribution in [2.45, 2.75) is 19.4 Å². The minimum Gasteiger partial charge on any atom is -0.465 e. The van der Waals surface area contributed by atoms with E-state index in [1.54, 1.807) is 12.3 Å². The summed E-state index contributed by atoms with van der Waals surface area (Å²) in [4.78, 5) is 35.7. The van der Waals surface area contributed by atoms with Gasteiger partial charge in [-0.1, -0.05) is 0 Å². The van der Waals surface area contributed by atoms with Gasteiger partial charge in [0.25, 0.3) is 5.91 Å². The van der Waals surface area contributed by atoms with Crippen molar-refractivity contribution < 1.29 is 24.4 Å². The first-order chi connectivity index (χ1) is 10.0. The first-order valence-electron chi connectivity index (χ1n) is 6.60. The molecule has 1 saturated heterocycles. The van der Waals surface area contributed by atoms with Crippen molar-refractivity contribution in [3.63, 3.8) is 0 Å². The van der Waals surface area contributed by atoms with Crippen LogP contribution < -0.4 is 16.0 Å². The number of ether oxygens (including phenoxy) is 1. The van der Waals surface area contributed by atoms with Crippen molar-refractivity contribution in [3.05, 3.63) is 15.8 Å². The first kappa shape index (κ1) is 15.5. The predicted molar refractivity (Wildman–Crippen MR) is 77.2 cm³/mol. The molecule has 8 heteroatoms. The van der Waals surface area contributed by atoms with Crippen LogP contribution in [0.5, 0.6) is 0 Å². The third kappa shape index (κ3) is 3.59. The fraction of sp³-hybridized carbons (Fsp3) is 0.462. The van der Waals surface area contributed by atoms with E-state index in [4.69, 9.17) is 0 Å². The molecule has 0 aromatic carbocycles. The van der Waals surface area contributed by atoms with Crippen LogP contribution in [0.1, 0.15) is 21.7 Å². The number of amides is 2. The van der Waals surface area contributed by atoms with Crippen LogP contribution in [0.2, 0.25) is 0 Å². The number of carbonyl (C=O) groups is 3. The van der Waals surface area contributed by atoms with Gasteiger partial charge in [0.15, 0.2) is 6.04 Å². The highest BCUT2D eigenvalue weighted by molar-refractivity contribution is 7.12. The molecule has 0 aliphatic carbocycles. The average molecular weight is 312 g/mol. The summed E-state index contributed by atoms with van der Waals surface area (Å²) in [5.41, 5.74) is 1.26. The summed E-state index contributed by atoms with van der Waals surface area (Å²) in [6, 6.07) is -0.417. The summed E-state index contributed by atoms with van der Waals surface area (Å²) < 4.78 is 4.69. The number of hydrogen-bond donors (Lipinski definition) is 3. The second-order valence-electron chi connectivity index (χ2n) is 4.79. The monoisotopic (exact) mass is 312 g/mol. The van der Waals surface area contributed by atoms with E-state index in [9.17, 15) is 14.4 Å². The Kier molecular flexibility index (Phi) is 4.92. The number of rotatable bonds is 4. The third-order valence-corrected chi connectivity index (χ3v) is 4.32. The zero-order valence-corrected chi connectivity index (χ0v) is 12.7. The van der Waals surface area contributed by atoms with Crippen LogP contribution in [0.4, 0.5) is 5.69 Å². The van der Waals surface area contributed by atoms with Gasteiger partial charge < -0.3 is 20.7 Å². The van der Waals surface area contributed by atoms with Gasteiger partial charge in [-0.05, 0) is 17.9 Å². The maximum Gasteiger partial charge on any atom is 0.350 e. The molecule has 1 aromatic heterocycles. The maximum absolute atomic E-state index is 12.1. The molecule has 4 N–H and O–H groups in total. The van der Waals surface area contributed by atoms with Gasteiger partial charge >= 0.3 is 5.97 Å². The molecule has 114 valence electrons. The van der Waals surface area contributed by atoms with Crippen molar-refractivity contribution in [2.75, 3.05) is 25.5 Å². The minimum atomic E-state index is -0.481. The highest BCUT2D eigenvalue weighted by Crippen LogP contribution is 2.28. The molecule has 0 bridgehead atoms. The van der Waals surface area contributed by atoms with Gasteiger partial charge in [-0.25, -0.2) is 4.79 Å². The van der Waals surface area contributed by atoms with E-state index in [0.29, 0.717) is 17.1 Å². The Labute approximate surface area is 126 Å². The second-order valence-corrected chi connectivity index (χ2v) is 5.67. The minimum absolute atomic E-state index is 0.0712. The fourth-order valence-electron chi connectivity index (χ4n) is 2.13. The number of aryl methyl sites for hydroxylation is 1. The molecule has 1 aliphatic heterocycles. The van der Waals surface area contributed by atoms with Gasteiger partial charge in [0.2, 0.25) is 5.91 Å². The molecular weight excluding hydrogens is 294 g/mol. The number of anilines is 1. The smallest absolute Gasteiger partial charge is 0.350 e. The zero-order chi connectivity index (χ0) is 15.4. The topological polar surface area (TPSA) is 101 Å². The molecular formula is C13H18N3O4S+. The van der Waals surface area contributed by atoms with E-state index < -0.39 is 12.0 Å². The lowest BCUT2D eigenvalue weighted by Crippen LogP contribution is -2.96. The molecule has 2 rings (SSSR count). The largest absolute Gasteiger partial charge is 0.465 e. The Bertz CT molecular complexity index is 570. The molecule has 1 aliphatic rings. The number of hydrogen-bond acceptors (Lipinski definition) is 5. The number of nitrogens with one attached hydrogen (secondary N) is 2. The van der Waals surface area contributed by atoms with Crippen LogP contribution in [-0.2, 0) is 14.3 Å². The number of nitrogens with two attached hydrogens (primary N) is 1. The van der Waals surface area contributed by atoms with E-state index >= 15 is 0 Å². The quantitative estimate of drug-likeness (QED) is 0.636. The lowest BCUT2D eigenvalue weighted by molar-refractivity contribution is -0.678. The summed E-state index contributed by atoms with van der Waals surface area (Å²) in [7, 11) is 1.30. The highest BCUT2D eigenvalue weighted by atomic mass is 32.1. The summed E-state index contributed by atoms with van der Waals surface area (Å²) in [5.74, 6) is -0.906. The number of quaternary nitrogens is 1. The van der Waals surface area contributed by atoms with Crippen molar-refractivity contribution in [1.29, 1.82) is 0 Å². The van der Waals surface area contributed by atoms with Gasteiger partial charge in [-0.3, -0.25) is 9.59 Å². The Morgan fingerprint density at radius 1 is 1.57 bits per heavy atom. The molecule has 1 fully saturated rings. The zero-order valence-electron chi connectivity index (χ0n) is 11.9. The number of methoxy groups -OCH3 is 1. The summed E-state index contributed by atoms with van der Waals surface area (Å²) in [6.45, 7) is 3.18. The van der Waals surface area contributed by atoms with E-state index in [-0.39, 0.29) is 18.2 Å². The lowest BCUT2D eigenvalue weighted by atomic mass is 10.1. The third-order valence-electron chi connectivity index (χ3n) is 3.25. The van der Waals surface area contributed by atoms with Crippen molar-refractivity contribution in [2.24, 2.45) is 0 Å².